The van der Waals surface area contributed by atoms with Crippen LogP contribution in [0.25, 0.3) is 0 Å². The first kappa shape index (κ1) is 15.8. The third-order valence-electron chi connectivity index (χ3n) is 2.65. The van der Waals surface area contributed by atoms with Gasteiger partial charge in [0.15, 0.2) is 6.10 Å². The van der Waals surface area contributed by atoms with Crippen molar-refractivity contribution in [2.45, 2.75) is 26.9 Å². The summed E-state index contributed by atoms with van der Waals surface area (Å²) in [7, 11) is 0. The minimum Gasteiger partial charge on any atom is -0.481 e. The highest BCUT2D eigenvalue weighted by molar-refractivity contribution is 6.30. The quantitative estimate of drug-likeness (QED) is 0.843. The summed E-state index contributed by atoms with van der Waals surface area (Å²) in [5.74, 6) is 0.332. The van der Waals surface area contributed by atoms with Gasteiger partial charge in [-0.3, -0.25) is 4.79 Å². The molecule has 0 aliphatic rings. The van der Waals surface area contributed by atoms with Crippen molar-refractivity contribution >= 4 is 17.5 Å². The standard InChI is InChI=1S/C14H20ClNO3/c1-10(13(18)16-8-14(2,3)9-17)19-12-6-4-5-11(15)7-12/h4-7,10,17H,8-9H2,1-3H3,(H,16,18). The van der Waals surface area contributed by atoms with Crippen LogP contribution in [0.5, 0.6) is 5.75 Å². The minimum absolute atomic E-state index is 0.0107. The van der Waals surface area contributed by atoms with Crippen molar-refractivity contribution in [3.63, 3.8) is 0 Å². The van der Waals surface area contributed by atoms with Gasteiger partial charge in [0, 0.05) is 23.6 Å². The Morgan fingerprint density at radius 3 is 2.79 bits per heavy atom. The molecule has 0 aliphatic carbocycles. The lowest BCUT2D eigenvalue weighted by atomic mass is 9.95. The second-order valence-corrected chi connectivity index (χ2v) is 5.69. The lowest BCUT2D eigenvalue weighted by Gasteiger charge is -2.23. The van der Waals surface area contributed by atoms with E-state index in [4.69, 9.17) is 21.4 Å². The molecule has 0 bridgehead atoms. The molecule has 1 aromatic carbocycles. The lowest BCUT2D eigenvalue weighted by molar-refractivity contribution is -0.127. The number of hydrogen-bond acceptors (Lipinski definition) is 3. The summed E-state index contributed by atoms with van der Waals surface area (Å²) in [6.45, 7) is 5.82. The van der Waals surface area contributed by atoms with Gasteiger partial charge in [0.1, 0.15) is 5.75 Å². The largest absolute Gasteiger partial charge is 0.481 e. The molecule has 4 nitrogen and oxygen atoms in total. The number of nitrogens with one attached hydrogen (secondary N) is 1. The second kappa shape index (κ2) is 6.78. The van der Waals surface area contributed by atoms with Gasteiger partial charge in [0.05, 0.1) is 0 Å². The number of aliphatic hydroxyl groups is 1. The first-order chi connectivity index (χ1) is 8.84. The minimum atomic E-state index is -0.618. The van der Waals surface area contributed by atoms with Crippen LogP contribution in [0, 0.1) is 5.41 Å². The third-order valence-corrected chi connectivity index (χ3v) is 2.88. The highest BCUT2D eigenvalue weighted by Gasteiger charge is 2.20. The zero-order valence-electron chi connectivity index (χ0n) is 11.4. The Hall–Kier alpha value is -1.26. The van der Waals surface area contributed by atoms with Gasteiger partial charge >= 0.3 is 0 Å². The van der Waals surface area contributed by atoms with Crippen LogP contribution >= 0.6 is 11.6 Å². The van der Waals surface area contributed by atoms with Crippen LogP contribution in [-0.4, -0.2) is 30.3 Å². The number of rotatable bonds is 6. The molecule has 1 rings (SSSR count). The molecular formula is C14H20ClNO3. The van der Waals surface area contributed by atoms with Crippen LogP contribution in [0.3, 0.4) is 0 Å². The first-order valence-electron chi connectivity index (χ1n) is 6.15. The van der Waals surface area contributed by atoms with E-state index >= 15 is 0 Å². The maximum Gasteiger partial charge on any atom is 0.260 e. The summed E-state index contributed by atoms with van der Waals surface area (Å²) < 4.78 is 5.50. The van der Waals surface area contributed by atoms with Gasteiger partial charge < -0.3 is 15.2 Å². The maximum atomic E-state index is 11.8. The summed E-state index contributed by atoms with van der Waals surface area (Å²) in [6.07, 6.45) is -0.618. The van der Waals surface area contributed by atoms with Gasteiger partial charge in [-0.05, 0) is 25.1 Å². The van der Waals surface area contributed by atoms with Crippen LogP contribution in [0.4, 0.5) is 0 Å². The average molecular weight is 286 g/mol. The summed E-state index contributed by atoms with van der Waals surface area (Å²) in [5.41, 5.74) is -0.342. The average Bonchev–Trinajstić information content (AvgIpc) is 2.36. The molecule has 0 saturated carbocycles. The number of carbonyl (C=O) groups excluding carboxylic acids is 1. The maximum absolute atomic E-state index is 11.8. The number of carbonyl (C=O) groups is 1. The van der Waals surface area contributed by atoms with E-state index in [1.54, 1.807) is 31.2 Å². The van der Waals surface area contributed by atoms with Crippen molar-refractivity contribution in [1.82, 2.24) is 5.32 Å². The van der Waals surface area contributed by atoms with E-state index in [9.17, 15) is 4.79 Å². The molecule has 0 aliphatic heterocycles. The van der Waals surface area contributed by atoms with Crippen molar-refractivity contribution in [3.8, 4) is 5.75 Å². The van der Waals surface area contributed by atoms with Crippen molar-refractivity contribution in [3.05, 3.63) is 29.3 Å². The summed E-state index contributed by atoms with van der Waals surface area (Å²) in [5, 5.41) is 12.4. The van der Waals surface area contributed by atoms with Crippen LogP contribution < -0.4 is 10.1 Å². The Morgan fingerprint density at radius 1 is 1.53 bits per heavy atom. The predicted octanol–water partition coefficient (Wildman–Crippen LogP) is 2.24. The zero-order valence-corrected chi connectivity index (χ0v) is 12.2. The molecule has 0 radical (unpaired) electrons. The Morgan fingerprint density at radius 2 is 2.21 bits per heavy atom. The van der Waals surface area contributed by atoms with Crippen molar-refractivity contribution in [2.75, 3.05) is 13.2 Å². The van der Waals surface area contributed by atoms with Crippen LogP contribution in [0.15, 0.2) is 24.3 Å². The fourth-order valence-electron chi connectivity index (χ4n) is 1.32. The normalized spacial score (nSPS) is 12.9. The highest BCUT2D eigenvalue weighted by atomic mass is 35.5. The SMILES string of the molecule is CC(Oc1cccc(Cl)c1)C(=O)NCC(C)(C)CO. The molecule has 0 spiro atoms. The predicted molar refractivity (Wildman–Crippen MR) is 75.4 cm³/mol. The Bertz CT molecular complexity index is 434. The van der Waals surface area contributed by atoms with Gasteiger partial charge in [0.25, 0.3) is 5.91 Å². The highest BCUT2D eigenvalue weighted by Crippen LogP contribution is 2.18. The van der Waals surface area contributed by atoms with E-state index < -0.39 is 6.10 Å². The molecular weight excluding hydrogens is 266 g/mol. The summed E-state index contributed by atoms with van der Waals surface area (Å²) in [4.78, 5) is 11.8. The Balaban J connectivity index is 2.49. The van der Waals surface area contributed by atoms with Gasteiger partial charge in [-0.1, -0.05) is 31.5 Å². The lowest BCUT2D eigenvalue weighted by Crippen LogP contribution is -2.42. The third kappa shape index (κ3) is 5.49. The Kier molecular flexibility index (Phi) is 5.63. The molecule has 1 unspecified atom stereocenters. The molecule has 19 heavy (non-hydrogen) atoms. The molecule has 2 N–H and O–H groups in total. The molecule has 1 atom stereocenters. The van der Waals surface area contributed by atoms with Gasteiger partial charge in [0.2, 0.25) is 0 Å². The zero-order chi connectivity index (χ0) is 14.5. The monoisotopic (exact) mass is 285 g/mol. The van der Waals surface area contributed by atoms with E-state index in [1.165, 1.54) is 0 Å². The number of ether oxygens (including phenoxy) is 1. The van der Waals surface area contributed by atoms with Crippen LogP contribution in [0.1, 0.15) is 20.8 Å². The smallest absolute Gasteiger partial charge is 0.260 e. The molecule has 1 aromatic rings. The second-order valence-electron chi connectivity index (χ2n) is 5.26. The molecule has 0 heterocycles. The summed E-state index contributed by atoms with van der Waals surface area (Å²) in [6, 6.07) is 6.90. The number of benzene rings is 1. The molecule has 0 saturated heterocycles. The van der Waals surface area contributed by atoms with Gasteiger partial charge in [-0.15, -0.1) is 0 Å². The van der Waals surface area contributed by atoms with Gasteiger partial charge in [-0.25, -0.2) is 0 Å². The van der Waals surface area contributed by atoms with E-state index in [1.807, 2.05) is 13.8 Å². The fourth-order valence-corrected chi connectivity index (χ4v) is 1.50. The van der Waals surface area contributed by atoms with E-state index in [0.29, 0.717) is 17.3 Å². The topological polar surface area (TPSA) is 58.6 Å². The number of amides is 1. The fraction of sp³-hybridized carbons (Fsp3) is 0.500. The Labute approximate surface area is 118 Å². The van der Waals surface area contributed by atoms with Gasteiger partial charge in [-0.2, -0.15) is 0 Å². The van der Waals surface area contributed by atoms with Crippen molar-refractivity contribution in [2.24, 2.45) is 5.41 Å². The number of aliphatic hydroxyl groups excluding tert-OH is 1. The van der Waals surface area contributed by atoms with E-state index in [0.717, 1.165) is 0 Å². The molecule has 0 aromatic heterocycles. The van der Waals surface area contributed by atoms with Crippen LogP contribution in [0.2, 0.25) is 5.02 Å². The first-order valence-corrected chi connectivity index (χ1v) is 6.53. The molecule has 1 amide bonds. The van der Waals surface area contributed by atoms with Crippen molar-refractivity contribution in [1.29, 1.82) is 0 Å². The van der Waals surface area contributed by atoms with E-state index in [-0.39, 0.29) is 17.9 Å². The number of halogens is 1. The molecule has 0 fully saturated rings. The van der Waals surface area contributed by atoms with Crippen LogP contribution in [-0.2, 0) is 4.79 Å². The molecule has 106 valence electrons. The van der Waals surface area contributed by atoms with Crippen molar-refractivity contribution < 1.29 is 14.6 Å². The number of hydrogen-bond donors (Lipinski definition) is 2. The van der Waals surface area contributed by atoms with E-state index in [2.05, 4.69) is 5.32 Å². The molecule has 5 heteroatoms. The summed E-state index contributed by atoms with van der Waals surface area (Å²) >= 11 is 5.84.